The highest BCUT2D eigenvalue weighted by molar-refractivity contribution is 7.09. The van der Waals surface area contributed by atoms with Crippen molar-refractivity contribution in [2.45, 2.75) is 32.8 Å². The fourth-order valence-electron chi connectivity index (χ4n) is 2.64. The topological polar surface area (TPSA) is 45.7 Å². The summed E-state index contributed by atoms with van der Waals surface area (Å²) in [6.45, 7) is 5.59. The molecule has 0 amide bonds. The van der Waals surface area contributed by atoms with Gasteiger partial charge in [0.25, 0.3) is 0 Å². The third-order valence-electron chi connectivity index (χ3n) is 4.09. The van der Waals surface area contributed by atoms with Gasteiger partial charge in [-0.2, -0.15) is 0 Å². The van der Waals surface area contributed by atoms with Gasteiger partial charge < -0.3 is 15.4 Å². The number of benzene rings is 1. The molecule has 5 heteroatoms. The highest BCUT2D eigenvalue weighted by atomic mass is 32.1. The lowest BCUT2D eigenvalue weighted by atomic mass is 10.1. The first-order valence-electron chi connectivity index (χ1n) is 9.36. The van der Waals surface area contributed by atoms with Crippen LogP contribution >= 0.6 is 11.3 Å². The molecule has 1 heterocycles. The molecule has 0 radical (unpaired) electrons. The Morgan fingerprint density at radius 3 is 2.69 bits per heavy atom. The zero-order valence-corrected chi connectivity index (χ0v) is 16.7. The van der Waals surface area contributed by atoms with Crippen LogP contribution in [0.25, 0.3) is 0 Å². The Morgan fingerprint density at radius 1 is 1.12 bits per heavy atom. The molecule has 0 bridgehead atoms. The molecule has 26 heavy (non-hydrogen) atoms. The summed E-state index contributed by atoms with van der Waals surface area (Å²) in [6, 6.07) is 14.6. The van der Waals surface area contributed by atoms with E-state index < -0.39 is 0 Å². The molecule has 0 aliphatic heterocycles. The molecule has 0 aliphatic rings. The molecular formula is C21H31N3OS. The highest BCUT2D eigenvalue weighted by Crippen LogP contribution is 2.13. The normalized spacial score (nSPS) is 12.8. The molecule has 0 saturated heterocycles. The Morgan fingerprint density at radius 2 is 1.96 bits per heavy atom. The maximum Gasteiger partial charge on any atom is 0.190 e. The van der Waals surface area contributed by atoms with Gasteiger partial charge in [-0.15, -0.1) is 11.3 Å². The first-order valence-corrected chi connectivity index (χ1v) is 10.2. The van der Waals surface area contributed by atoms with Gasteiger partial charge in [0.1, 0.15) is 0 Å². The van der Waals surface area contributed by atoms with Gasteiger partial charge in [0.15, 0.2) is 5.96 Å². The van der Waals surface area contributed by atoms with Crippen molar-refractivity contribution in [1.29, 1.82) is 0 Å². The predicted molar refractivity (Wildman–Crippen MR) is 112 cm³/mol. The second-order valence-electron chi connectivity index (χ2n) is 6.51. The van der Waals surface area contributed by atoms with Crippen molar-refractivity contribution in [3.8, 4) is 0 Å². The van der Waals surface area contributed by atoms with Crippen molar-refractivity contribution in [3.63, 3.8) is 0 Å². The van der Waals surface area contributed by atoms with Crippen molar-refractivity contribution >= 4 is 17.3 Å². The smallest absolute Gasteiger partial charge is 0.190 e. The lowest BCUT2D eigenvalue weighted by molar-refractivity contribution is 0.117. The summed E-state index contributed by atoms with van der Waals surface area (Å²) in [4.78, 5) is 5.74. The lowest BCUT2D eigenvalue weighted by Gasteiger charge is -2.15. The predicted octanol–water partition coefficient (Wildman–Crippen LogP) is 4.09. The van der Waals surface area contributed by atoms with Crippen molar-refractivity contribution in [2.24, 2.45) is 10.9 Å². The Labute approximate surface area is 161 Å². The van der Waals surface area contributed by atoms with Crippen LogP contribution in [0.5, 0.6) is 0 Å². The molecule has 2 rings (SSSR count). The summed E-state index contributed by atoms with van der Waals surface area (Å²) in [5.41, 5.74) is 1.23. The summed E-state index contributed by atoms with van der Waals surface area (Å²) in [6.07, 6.45) is 3.23. The van der Waals surface area contributed by atoms with E-state index in [2.05, 4.69) is 52.2 Å². The zero-order valence-electron chi connectivity index (χ0n) is 15.9. The van der Waals surface area contributed by atoms with Crippen LogP contribution in [0, 0.1) is 5.92 Å². The molecule has 142 valence electrons. The first kappa shape index (κ1) is 20.5. The molecule has 4 nitrogen and oxygen atoms in total. The van der Waals surface area contributed by atoms with E-state index >= 15 is 0 Å². The van der Waals surface area contributed by atoms with E-state index in [0.717, 1.165) is 44.9 Å². The van der Waals surface area contributed by atoms with Gasteiger partial charge in [-0.3, -0.25) is 4.99 Å². The van der Waals surface area contributed by atoms with Gasteiger partial charge >= 0.3 is 0 Å². The van der Waals surface area contributed by atoms with Crippen LogP contribution < -0.4 is 10.6 Å². The van der Waals surface area contributed by atoms with Crippen molar-refractivity contribution < 1.29 is 4.74 Å². The number of thiophene rings is 1. The average Bonchev–Trinajstić information content (AvgIpc) is 3.17. The number of nitrogens with zero attached hydrogens (tertiary/aromatic N) is 1. The molecule has 0 fully saturated rings. The lowest BCUT2D eigenvalue weighted by Crippen LogP contribution is -2.40. The fraction of sp³-hybridized carbons (Fsp3) is 0.476. The highest BCUT2D eigenvalue weighted by Gasteiger charge is 2.06. The van der Waals surface area contributed by atoms with Gasteiger partial charge in [0, 0.05) is 31.6 Å². The summed E-state index contributed by atoms with van der Waals surface area (Å²) in [5.74, 6) is 1.46. The van der Waals surface area contributed by atoms with Crippen LogP contribution in [0.2, 0.25) is 0 Å². The molecule has 2 N–H and O–H groups in total. The van der Waals surface area contributed by atoms with Crippen LogP contribution in [-0.4, -0.2) is 32.7 Å². The molecule has 0 spiro atoms. The van der Waals surface area contributed by atoms with Crippen molar-refractivity contribution in [1.82, 2.24) is 10.6 Å². The number of aliphatic imine (C=N–C) groups is 1. The molecular weight excluding hydrogens is 342 g/mol. The van der Waals surface area contributed by atoms with E-state index in [-0.39, 0.29) is 0 Å². The van der Waals surface area contributed by atoms with Crippen LogP contribution in [-0.2, 0) is 17.8 Å². The second kappa shape index (κ2) is 12.5. The number of hydrogen-bond acceptors (Lipinski definition) is 3. The van der Waals surface area contributed by atoms with E-state index in [1.165, 1.54) is 10.4 Å². The van der Waals surface area contributed by atoms with E-state index in [1.807, 2.05) is 36.6 Å². The minimum Gasteiger partial charge on any atom is -0.377 e. The minimum absolute atomic E-state index is 0.582. The number of nitrogens with one attached hydrogen (secondary N) is 2. The number of ether oxygens (including phenoxy) is 1. The molecule has 0 aliphatic carbocycles. The number of unbranched alkanes of at least 4 members (excludes halogenated alkanes) is 1. The number of rotatable bonds is 11. The largest absolute Gasteiger partial charge is 0.377 e. The monoisotopic (exact) mass is 373 g/mol. The first-order chi connectivity index (χ1) is 12.8. The van der Waals surface area contributed by atoms with Crippen LogP contribution in [0.3, 0.4) is 0 Å². The van der Waals surface area contributed by atoms with Crippen molar-refractivity contribution in [3.05, 3.63) is 58.3 Å². The van der Waals surface area contributed by atoms with Crippen LogP contribution in [0.1, 0.15) is 30.2 Å². The van der Waals surface area contributed by atoms with Gasteiger partial charge in [-0.25, -0.2) is 0 Å². The number of hydrogen-bond donors (Lipinski definition) is 2. The molecule has 1 aromatic carbocycles. The third-order valence-corrected chi connectivity index (χ3v) is 4.99. The van der Waals surface area contributed by atoms with Gasteiger partial charge in [0.05, 0.1) is 6.61 Å². The van der Waals surface area contributed by atoms with Gasteiger partial charge in [0.2, 0.25) is 0 Å². The fourth-order valence-corrected chi connectivity index (χ4v) is 3.51. The van der Waals surface area contributed by atoms with Gasteiger partial charge in [-0.05, 0) is 42.2 Å². The Hall–Kier alpha value is -1.85. The SMILES string of the molecule is CN=C(NCCCCOCc1ccccc1)NCC(C)Cc1cccs1. The Bertz CT molecular complexity index is 613. The molecule has 2 aromatic rings. The summed E-state index contributed by atoms with van der Waals surface area (Å²) >= 11 is 1.83. The maximum atomic E-state index is 5.71. The maximum absolute atomic E-state index is 5.71. The van der Waals surface area contributed by atoms with E-state index in [1.54, 1.807) is 0 Å². The second-order valence-corrected chi connectivity index (χ2v) is 7.55. The average molecular weight is 374 g/mol. The third kappa shape index (κ3) is 8.50. The molecule has 1 unspecified atom stereocenters. The molecule has 1 aromatic heterocycles. The Balaban J connectivity index is 1.49. The molecule has 0 saturated carbocycles. The van der Waals surface area contributed by atoms with Crippen LogP contribution in [0.4, 0.5) is 0 Å². The van der Waals surface area contributed by atoms with Gasteiger partial charge in [-0.1, -0.05) is 43.3 Å². The summed E-state index contributed by atoms with van der Waals surface area (Å²) in [5, 5.41) is 8.93. The quantitative estimate of drug-likeness (QED) is 0.354. The molecule has 1 atom stereocenters. The van der Waals surface area contributed by atoms with E-state index in [9.17, 15) is 0 Å². The summed E-state index contributed by atoms with van der Waals surface area (Å²) in [7, 11) is 1.82. The minimum atomic E-state index is 0.582. The summed E-state index contributed by atoms with van der Waals surface area (Å²) < 4.78 is 5.71. The standard InChI is InChI=1S/C21H31N3OS/c1-18(15-20-11-8-14-26-20)16-24-21(22-2)23-12-6-7-13-25-17-19-9-4-3-5-10-19/h3-5,8-11,14,18H,6-7,12-13,15-17H2,1-2H3,(H2,22,23,24). The van der Waals surface area contributed by atoms with E-state index in [0.29, 0.717) is 12.5 Å². The van der Waals surface area contributed by atoms with Crippen molar-refractivity contribution in [2.75, 3.05) is 26.7 Å². The van der Waals surface area contributed by atoms with E-state index in [4.69, 9.17) is 4.74 Å². The Kier molecular flexibility index (Phi) is 9.83. The number of guanidine groups is 1. The zero-order chi connectivity index (χ0) is 18.5. The van der Waals surface area contributed by atoms with Crippen LogP contribution in [0.15, 0.2) is 52.8 Å².